The summed E-state index contributed by atoms with van der Waals surface area (Å²) in [6.07, 6.45) is 5.61. The first-order valence-electron chi connectivity index (χ1n) is 15.4. The first kappa shape index (κ1) is 27.6. The Morgan fingerprint density at radius 3 is 2.67 bits per heavy atom. The lowest BCUT2D eigenvalue weighted by Gasteiger charge is -2.35. The maximum Gasteiger partial charge on any atom is 0.270 e. The molecule has 9 heteroatoms. The first-order chi connectivity index (χ1) is 20.7. The van der Waals surface area contributed by atoms with Gasteiger partial charge in [0.05, 0.1) is 17.6 Å². The number of nitrogens with zero attached hydrogens (tertiary/aromatic N) is 6. The van der Waals surface area contributed by atoms with Crippen LogP contribution >= 0.6 is 0 Å². The molecule has 7 rings (SSSR count). The zero-order valence-corrected chi connectivity index (χ0v) is 25.5. The van der Waals surface area contributed by atoms with Crippen molar-refractivity contribution < 1.29 is 4.79 Å². The summed E-state index contributed by atoms with van der Waals surface area (Å²) in [4.78, 5) is 31.4. The van der Waals surface area contributed by atoms with E-state index in [9.17, 15) is 4.79 Å². The number of nitrogens with one attached hydrogen (secondary N) is 2. The maximum absolute atomic E-state index is 13.5. The number of amides is 1. The van der Waals surface area contributed by atoms with E-state index in [1.807, 2.05) is 23.2 Å². The molecule has 0 radical (unpaired) electrons. The number of carbonyl (C=O) groups excluding carboxylic acids is 1. The lowest BCUT2D eigenvalue weighted by atomic mass is 9.90. The van der Waals surface area contributed by atoms with Crippen molar-refractivity contribution >= 4 is 23.2 Å². The van der Waals surface area contributed by atoms with Gasteiger partial charge in [-0.2, -0.15) is 0 Å². The molecule has 1 atom stereocenters. The second kappa shape index (κ2) is 10.8. The van der Waals surface area contributed by atoms with Gasteiger partial charge in [-0.1, -0.05) is 26.0 Å². The molecule has 1 aromatic carbocycles. The van der Waals surface area contributed by atoms with Gasteiger partial charge in [-0.25, -0.2) is 15.0 Å². The summed E-state index contributed by atoms with van der Waals surface area (Å²) >= 11 is 0. The molecule has 222 valence electrons. The Morgan fingerprint density at radius 2 is 1.88 bits per heavy atom. The van der Waals surface area contributed by atoms with E-state index in [0.29, 0.717) is 23.8 Å². The van der Waals surface area contributed by atoms with Gasteiger partial charge < -0.3 is 25.0 Å². The molecule has 3 aliphatic rings. The number of aryl methyl sites for hydroxylation is 1. The van der Waals surface area contributed by atoms with Gasteiger partial charge in [0.25, 0.3) is 5.91 Å². The van der Waals surface area contributed by atoms with Crippen molar-refractivity contribution in [2.45, 2.75) is 59.7 Å². The Bertz CT molecular complexity index is 1670. The summed E-state index contributed by atoms with van der Waals surface area (Å²) in [6, 6.07) is 15.0. The fraction of sp³-hybridized carbons (Fsp3) is 0.412. The van der Waals surface area contributed by atoms with Crippen LogP contribution in [0.25, 0.3) is 11.3 Å². The molecule has 43 heavy (non-hydrogen) atoms. The van der Waals surface area contributed by atoms with Gasteiger partial charge in [0.2, 0.25) is 0 Å². The van der Waals surface area contributed by atoms with E-state index < -0.39 is 0 Å². The van der Waals surface area contributed by atoms with Gasteiger partial charge in [0, 0.05) is 62.6 Å². The largest absolute Gasteiger partial charge is 0.365 e. The zero-order valence-electron chi connectivity index (χ0n) is 25.5. The summed E-state index contributed by atoms with van der Waals surface area (Å²) < 4.78 is 2.27. The van der Waals surface area contributed by atoms with Crippen molar-refractivity contribution in [3.05, 3.63) is 83.1 Å². The first-order valence-corrected chi connectivity index (χ1v) is 15.4. The molecule has 0 bridgehead atoms. The highest BCUT2D eigenvalue weighted by atomic mass is 16.2. The lowest BCUT2D eigenvalue weighted by molar-refractivity contribution is 0.0688. The highest BCUT2D eigenvalue weighted by Gasteiger charge is 2.36. The molecule has 1 fully saturated rings. The zero-order chi connectivity index (χ0) is 29.7. The molecule has 0 unspecified atom stereocenters. The van der Waals surface area contributed by atoms with Gasteiger partial charge in [-0.3, -0.25) is 4.79 Å². The monoisotopic (exact) mass is 576 g/mol. The minimum atomic E-state index is 0.137. The normalized spacial score (nSPS) is 19.3. The molecule has 9 nitrogen and oxygen atoms in total. The molecule has 3 aromatic heterocycles. The van der Waals surface area contributed by atoms with Crippen molar-refractivity contribution in [1.29, 1.82) is 0 Å². The molecular weight excluding hydrogens is 536 g/mol. The molecule has 1 aliphatic carbocycles. The lowest BCUT2D eigenvalue weighted by Crippen LogP contribution is -2.49. The number of anilines is 3. The number of pyridine rings is 1. The summed E-state index contributed by atoms with van der Waals surface area (Å²) in [5.74, 6) is 1.58. The fourth-order valence-electron chi connectivity index (χ4n) is 6.91. The average Bonchev–Trinajstić information content (AvgIpc) is 3.48. The van der Waals surface area contributed by atoms with Crippen LogP contribution < -0.4 is 15.5 Å². The third-order valence-electron chi connectivity index (χ3n) is 9.22. The summed E-state index contributed by atoms with van der Waals surface area (Å²) in [5, 5.41) is 6.76. The van der Waals surface area contributed by atoms with Crippen LogP contribution in [-0.4, -0.2) is 62.5 Å². The maximum atomic E-state index is 13.5. The Hall–Kier alpha value is -4.24. The van der Waals surface area contributed by atoms with Crippen LogP contribution in [0.3, 0.4) is 0 Å². The molecule has 2 N–H and O–H groups in total. The molecular formula is C34H40N8O. The van der Waals surface area contributed by atoms with E-state index in [0.717, 1.165) is 85.1 Å². The van der Waals surface area contributed by atoms with Crippen molar-refractivity contribution in [2.75, 3.05) is 36.4 Å². The van der Waals surface area contributed by atoms with Crippen molar-refractivity contribution in [1.82, 2.24) is 29.7 Å². The fourth-order valence-corrected chi connectivity index (χ4v) is 6.91. The van der Waals surface area contributed by atoms with Crippen molar-refractivity contribution in [3.63, 3.8) is 0 Å². The molecule has 2 aliphatic heterocycles. The Morgan fingerprint density at radius 1 is 1.00 bits per heavy atom. The quantitative estimate of drug-likeness (QED) is 0.335. The van der Waals surface area contributed by atoms with Gasteiger partial charge >= 0.3 is 0 Å². The number of hydrogen-bond donors (Lipinski definition) is 2. The van der Waals surface area contributed by atoms with E-state index in [-0.39, 0.29) is 5.91 Å². The van der Waals surface area contributed by atoms with Gasteiger partial charge in [0.1, 0.15) is 23.7 Å². The number of aromatic nitrogens is 4. The minimum Gasteiger partial charge on any atom is -0.365 e. The van der Waals surface area contributed by atoms with E-state index in [4.69, 9.17) is 0 Å². The van der Waals surface area contributed by atoms with E-state index in [1.54, 1.807) is 6.33 Å². The number of benzene rings is 1. The third kappa shape index (κ3) is 5.38. The van der Waals surface area contributed by atoms with Crippen LogP contribution in [0.4, 0.5) is 17.3 Å². The van der Waals surface area contributed by atoms with Crippen LogP contribution in [0.5, 0.6) is 0 Å². The van der Waals surface area contributed by atoms with Gasteiger partial charge in [-0.15, -0.1) is 0 Å². The smallest absolute Gasteiger partial charge is 0.270 e. The van der Waals surface area contributed by atoms with E-state index in [2.05, 4.69) is 93.1 Å². The third-order valence-corrected chi connectivity index (χ3v) is 9.22. The van der Waals surface area contributed by atoms with Crippen LogP contribution in [-0.2, 0) is 25.9 Å². The highest BCUT2D eigenvalue weighted by Crippen LogP contribution is 2.39. The molecule has 0 spiro atoms. The van der Waals surface area contributed by atoms with Crippen LogP contribution in [0.2, 0.25) is 0 Å². The van der Waals surface area contributed by atoms with Crippen molar-refractivity contribution in [3.8, 4) is 11.3 Å². The van der Waals surface area contributed by atoms with E-state index in [1.165, 1.54) is 11.3 Å². The SMILES string of the molecule is Cc1cc(-c2cc(Nc3ccc(N4CCNC[C@@H]4C)cn3)ncn2)ccc1CN1CCn2c(cc3c2CC(C)(C)C3)C1=O. The summed E-state index contributed by atoms with van der Waals surface area (Å²) in [5.41, 5.74) is 9.14. The average molecular weight is 577 g/mol. The number of hydrogen-bond acceptors (Lipinski definition) is 7. The number of piperazine rings is 1. The van der Waals surface area contributed by atoms with Crippen LogP contribution in [0.1, 0.15) is 53.6 Å². The van der Waals surface area contributed by atoms with Crippen LogP contribution in [0.15, 0.2) is 55.0 Å². The number of fused-ring (bicyclic) bond motifs is 3. The number of rotatable bonds is 6. The second-order valence-corrected chi connectivity index (χ2v) is 13.1. The molecule has 5 heterocycles. The topological polar surface area (TPSA) is 91.2 Å². The summed E-state index contributed by atoms with van der Waals surface area (Å²) in [6.45, 7) is 14.1. The van der Waals surface area contributed by atoms with E-state index >= 15 is 0 Å². The highest BCUT2D eigenvalue weighted by molar-refractivity contribution is 5.94. The summed E-state index contributed by atoms with van der Waals surface area (Å²) in [7, 11) is 0. The number of carbonyl (C=O) groups is 1. The predicted molar refractivity (Wildman–Crippen MR) is 170 cm³/mol. The minimum absolute atomic E-state index is 0.137. The molecule has 1 saturated heterocycles. The Balaban J connectivity index is 1.03. The Kier molecular flexibility index (Phi) is 6.92. The van der Waals surface area contributed by atoms with Gasteiger partial charge in [0.15, 0.2) is 0 Å². The van der Waals surface area contributed by atoms with Gasteiger partial charge in [-0.05, 0) is 73.1 Å². The Labute approximate surface area is 253 Å². The second-order valence-electron chi connectivity index (χ2n) is 13.1. The van der Waals surface area contributed by atoms with Crippen molar-refractivity contribution in [2.24, 2.45) is 5.41 Å². The molecule has 4 aromatic rings. The standard InChI is InChI=1S/C34H40N8O/c1-22-13-24(5-6-25(22)20-40-11-12-42-29(33(40)43)14-26-16-34(3,4)17-30(26)42)28-15-32(38-21-37-28)39-31-8-7-27(19-36-31)41-10-9-35-18-23(41)2/h5-8,13-15,19,21,23,35H,9-12,16-18,20H2,1-4H3,(H,36,37,38,39)/t23-/m0/s1. The molecule has 0 saturated carbocycles. The van der Waals surface area contributed by atoms with Crippen LogP contribution in [0, 0.1) is 12.3 Å². The predicted octanol–water partition coefficient (Wildman–Crippen LogP) is 4.97. The molecule has 1 amide bonds.